The summed E-state index contributed by atoms with van der Waals surface area (Å²) in [7, 11) is 0. The van der Waals surface area contributed by atoms with Crippen LogP contribution in [0.1, 0.15) is 73.1 Å². The Morgan fingerprint density at radius 3 is 2.48 bits per heavy atom. The lowest BCUT2D eigenvalue weighted by molar-refractivity contribution is -0.241. The van der Waals surface area contributed by atoms with E-state index in [9.17, 15) is 25.2 Å². The molecule has 0 heterocycles. The normalized spacial score (nSPS) is 50.0. The van der Waals surface area contributed by atoms with Gasteiger partial charge < -0.3 is 20.4 Å². The van der Waals surface area contributed by atoms with Gasteiger partial charge in [-0.15, -0.1) is 0 Å². The second-order valence-corrected chi connectivity index (χ2v) is 12.5. The summed E-state index contributed by atoms with van der Waals surface area (Å²) in [5.41, 5.74) is -1.96. The lowest BCUT2D eigenvalue weighted by atomic mass is 9.42. The van der Waals surface area contributed by atoms with Gasteiger partial charge in [0.15, 0.2) is 5.78 Å². The molecule has 4 N–H and O–H groups in total. The number of allylic oxidation sites excluding steroid dienone is 1. The minimum absolute atomic E-state index is 0.0653. The number of fused-ring (bicyclic) bond motifs is 5. The molecule has 0 aliphatic heterocycles. The van der Waals surface area contributed by atoms with Gasteiger partial charge in [-0.3, -0.25) is 4.79 Å². The fraction of sp³-hybridized carbons (Fsp3) is 0.821. The van der Waals surface area contributed by atoms with Gasteiger partial charge in [0.2, 0.25) is 0 Å². The Bertz CT molecular complexity index is 834. The summed E-state index contributed by atoms with van der Waals surface area (Å²) in [6.07, 6.45) is 4.67. The van der Waals surface area contributed by atoms with Crippen LogP contribution in [0.5, 0.6) is 0 Å². The molecular weight excluding hydrogens is 416 g/mol. The van der Waals surface area contributed by atoms with Gasteiger partial charge in [-0.2, -0.15) is 0 Å². The molecule has 0 bridgehead atoms. The molecule has 11 atom stereocenters. The summed E-state index contributed by atoms with van der Waals surface area (Å²) in [6, 6.07) is 0. The summed E-state index contributed by atoms with van der Waals surface area (Å²) < 4.78 is 0. The van der Waals surface area contributed by atoms with E-state index < -0.39 is 41.0 Å². The van der Waals surface area contributed by atoms with Gasteiger partial charge in [-0.25, -0.2) is 0 Å². The van der Waals surface area contributed by atoms with Gasteiger partial charge in [0.05, 0.1) is 17.6 Å². The monoisotopic (exact) mass is 460 g/mol. The molecule has 4 aliphatic rings. The fourth-order valence-corrected chi connectivity index (χ4v) is 8.70. The van der Waals surface area contributed by atoms with Crippen molar-refractivity contribution in [2.75, 3.05) is 0 Å². The van der Waals surface area contributed by atoms with Crippen LogP contribution in [0.3, 0.4) is 0 Å². The van der Waals surface area contributed by atoms with Crippen molar-refractivity contribution in [3.05, 3.63) is 24.3 Å². The maximum atomic E-state index is 13.3. The summed E-state index contributed by atoms with van der Waals surface area (Å²) >= 11 is 0. The first-order chi connectivity index (χ1) is 15.3. The molecule has 0 spiro atoms. The Balaban J connectivity index is 1.64. The molecule has 3 fully saturated rings. The molecule has 0 aromatic carbocycles. The molecule has 3 saturated carbocycles. The zero-order chi connectivity index (χ0) is 24.5. The third kappa shape index (κ3) is 3.44. The lowest BCUT2D eigenvalue weighted by Crippen LogP contribution is -2.73. The standard InChI is InChI=1S/C28H44O5/c1-15(2)16(3)7-8-17(4)19-9-10-20-18-13-23(31)28(33)12-11-21(29)25(32)27(28,6)24(18)22(30)14-26(19,20)5/h11-12,15,17-24,29-31,33H,3,7-10,13-14H2,1-2,4-6H3/t17-,18?,19-,20?,21-,22?,23-,24?,26-,27+,28+/m1/s1. The Morgan fingerprint density at radius 1 is 1.18 bits per heavy atom. The number of ketones is 1. The molecule has 0 radical (unpaired) electrons. The van der Waals surface area contributed by atoms with Gasteiger partial charge in [0, 0.05) is 5.92 Å². The molecule has 0 aromatic rings. The third-order valence-corrected chi connectivity index (χ3v) is 10.8. The number of rotatable bonds is 5. The van der Waals surface area contributed by atoms with E-state index in [1.807, 2.05) is 0 Å². The van der Waals surface area contributed by atoms with Crippen molar-refractivity contribution in [2.24, 2.45) is 46.3 Å². The van der Waals surface area contributed by atoms with Gasteiger partial charge in [0.25, 0.3) is 0 Å². The van der Waals surface area contributed by atoms with Crippen LogP contribution in [0.4, 0.5) is 0 Å². The third-order valence-electron chi connectivity index (χ3n) is 10.8. The topological polar surface area (TPSA) is 98.0 Å². The van der Waals surface area contributed by atoms with E-state index in [-0.39, 0.29) is 17.3 Å². The number of Topliss-reactive ketones (excluding diaryl/α,β-unsaturated/α-hetero) is 1. The van der Waals surface area contributed by atoms with E-state index in [0.717, 1.165) is 25.7 Å². The summed E-state index contributed by atoms with van der Waals surface area (Å²) in [5.74, 6) is 0.702. The van der Waals surface area contributed by atoms with Crippen LogP contribution < -0.4 is 0 Å². The lowest BCUT2D eigenvalue weighted by Gasteiger charge is -2.64. The molecule has 4 rings (SSSR count). The highest BCUT2D eigenvalue weighted by Crippen LogP contribution is 2.68. The van der Waals surface area contributed by atoms with E-state index in [1.165, 1.54) is 17.7 Å². The number of carbonyl (C=O) groups is 1. The minimum atomic E-state index is -1.76. The Hall–Kier alpha value is -1.01. The van der Waals surface area contributed by atoms with Gasteiger partial charge >= 0.3 is 0 Å². The van der Waals surface area contributed by atoms with Gasteiger partial charge in [-0.1, -0.05) is 45.9 Å². The van der Waals surface area contributed by atoms with Crippen molar-refractivity contribution in [3.63, 3.8) is 0 Å². The average molecular weight is 461 g/mol. The fourth-order valence-electron chi connectivity index (χ4n) is 8.70. The maximum Gasteiger partial charge on any atom is 0.174 e. The molecule has 5 nitrogen and oxygen atoms in total. The van der Waals surface area contributed by atoms with E-state index in [0.29, 0.717) is 30.6 Å². The molecule has 4 unspecified atom stereocenters. The highest BCUT2D eigenvalue weighted by molar-refractivity contribution is 5.93. The summed E-state index contributed by atoms with van der Waals surface area (Å²) in [6.45, 7) is 14.9. The Kier molecular flexibility index (Phi) is 6.30. The molecule has 4 aliphatic carbocycles. The predicted molar refractivity (Wildman–Crippen MR) is 128 cm³/mol. The average Bonchev–Trinajstić information content (AvgIpc) is 3.08. The molecule has 0 saturated heterocycles. The highest BCUT2D eigenvalue weighted by atomic mass is 16.3. The summed E-state index contributed by atoms with van der Waals surface area (Å²) in [4.78, 5) is 13.3. The molecule has 5 heteroatoms. The van der Waals surface area contributed by atoms with Crippen LogP contribution in [0.2, 0.25) is 0 Å². The molecular formula is C28H44O5. The largest absolute Gasteiger partial charge is 0.393 e. The van der Waals surface area contributed by atoms with Crippen molar-refractivity contribution in [2.45, 2.75) is 97.1 Å². The smallest absolute Gasteiger partial charge is 0.174 e. The molecule has 0 amide bonds. The predicted octanol–water partition coefficient (Wildman–Crippen LogP) is 3.65. The highest BCUT2D eigenvalue weighted by Gasteiger charge is 2.71. The molecule has 186 valence electrons. The SMILES string of the molecule is C=C(CC[C@@H](C)[C@H]1CCC2C3C[C@@H](O)[C@@]4(O)C=C[C@@H](O)C(=O)[C@]4(C)C3C(O)C[C@@]21C)C(C)C. The van der Waals surface area contributed by atoms with Crippen LogP contribution >= 0.6 is 0 Å². The van der Waals surface area contributed by atoms with Crippen LogP contribution in [0, 0.1) is 46.3 Å². The van der Waals surface area contributed by atoms with E-state index in [4.69, 9.17) is 0 Å². The van der Waals surface area contributed by atoms with Crippen LogP contribution in [0.15, 0.2) is 24.3 Å². The van der Waals surface area contributed by atoms with Crippen LogP contribution in [-0.4, -0.2) is 50.1 Å². The van der Waals surface area contributed by atoms with Crippen molar-refractivity contribution in [1.82, 2.24) is 0 Å². The van der Waals surface area contributed by atoms with E-state index in [2.05, 4.69) is 34.3 Å². The Morgan fingerprint density at radius 2 is 1.85 bits per heavy atom. The first-order valence-corrected chi connectivity index (χ1v) is 13.0. The van der Waals surface area contributed by atoms with Crippen molar-refractivity contribution in [3.8, 4) is 0 Å². The van der Waals surface area contributed by atoms with E-state index >= 15 is 0 Å². The van der Waals surface area contributed by atoms with Crippen molar-refractivity contribution < 1.29 is 25.2 Å². The first-order valence-electron chi connectivity index (χ1n) is 13.0. The maximum absolute atomic E-state index is 13.3. The number of hydrogen-bond acceptors (Lipinski definition) is 5. The number of aliphatic hydroxyl groups excluding tert-OH is 3. The van der Waals surface area contributed by atoms with Gasteiger partial charge in [0.1, 0.15) is 11.7 Å². The van der Waals surface area contributed by atoms with E-state index in [1.54, 1.807) is 6.92 Å². The minimum Gasteiger partial charge on any atom is -0.393 e. The van der Waals surface area contributed by atoms with Crippen molar-refractivity contribution in [1.29, 1.82) is 0 Å². The Labute approximate surface area is 199 Å². The zero-order valence-electron chi connectivity index (χ0n) is 21.0. The first kappa shape index (κ1) is 25.1. The number of carbonyl (C=O) groups excluding carboxylic acids is 1. The van der Waals surface area contributed by atoms with Crippen LogP contribution in [-0.2, 0) is 4.79 Å². The second kappa shape index (κ2) is 8.29. The summed E-state index contributed by atoms with van der Waals surface area (Å²) in [5, 5.41) is 44.5. The second-order valence-electron chi connectivity index (χ2n) is 12.5. The molecule has 33 heavy (non-hydrogen) atoms. The van der Waals surface area contributed by atoms with Crippen LogP contribution in [0.25, 0.3) is 0 Å². The zero-order valence-corrected chi connectivity index (χ0v) is 21.0. The molecule has 0 aromatic heterocycles. The quantitative estimate of drug-likeness (QED) is 0.470. The number of hydrogen-bond donors (Lipinski definition) is 4. The van der Waals surface area contributed by atoms with Crippen molar-refractivity contribution >= 4 is 5.78 Å². The number of aliphatic hydroxyl groups is 4. The van der Waals surface area contributed by atoms with Gasteiger partial charge in [-0.05, 0) is 86.5 Å².